The second-order valence-electron chi connectivity index (χ2n) is 6.57. The van der Waals surface area contributed by atoms with Crippen molar-refractivity contribution in [3.8, 4) is 11.5 Å². The zero-order valence-corrected chi connectivity index (χ0v) is 17.1. The van der Waals surface area contributed by atoms with Crippen LogP contribution in [0.3, 0.4) is 0 Å². The van der Waals surface area contributed by atoms with Gasteiger partial charge in [-0.05, 0) is 13.8 Å². The molecule has 1 fully saturated rings. The van der Waals surface area contributed by atoms with E-state index in [2.05, 4.69) is 15.2 Å². The Labute approximate surface area is 173 Å². The number of nitrogens with one attached hydrogen (secondary N) is 2. The van der Waals surface area contributed by atoms with Crippen LogP contribution in [-0.4, -0.2) is 55.0 Å². The first-order chi connectivity index (χ1) is 14.5. The fourth-order valence-corrected chi connectivity index (χ4v) is 3.16. The molecular weight excluding hydrogens is 392 g/mol. The molecule has 162 valence electrons. The number of rotatable bonds is 8. The molecule has 1 aliphatic rings. The van der Waals surface area contributed by atoms with Crippen LogP contribution in [0.15, 0.2) is 34.0 Å². The highest BCUT2D eigenvalue weighted by atomic mass is 16.5. The molecule has 30 heavy (non-hydrogen) atoms. The molecule has 1 saturated heterocycles. The van der Waals surface area contributed by atoms with Gasteiger partial charge in [-0.25, -0.2) is 4.79 Å². The lowest BCUT2D eigenvalue weighted by Crippen LogP contribution is -2.36. The molecule has 0 spiro atoms. The van der Waals surface area contributed by atoms with Crippen LogP contribution in [0.25, 0.3) is 0 Å². The van der Waals surface area contributed by atoms with E-state index in [1.807, 2.05) is 19.9 Å². The molecule has 0 aliphatic carbocycles. The molecule has 10 nitrogen and oxygen atoms in total. The number of carbonyl (C=O) groups excluding carboxylic acids is 1. The normalized spacial score (nSPS) is 13.7. The topological polar surface area (TPSA) is 115 Å². The fourth-order valence-electron chi connectivity index (χ4n) is 3.16. The van der Waals surface area contributed by atoms with Gasteiger partial charge in [-0.2, -0.15) is 0 Å². The second kappa shape index (κ2) is 9.97. The van der Waals surface area contributed by atoms with E-state index in [4.69, 9.17) is 14.2 Å². The molecule has 1 amide bonds. The smallest absolute Gasteiger partial charge is 0.328 e. The molecule has 1 aliphatic heterocycles. The fraction of sp³-hybridized carbons (Fsp3) is 0.450. The van der Waals surface area contributed by atoms with Gasteiger partial charge in [-0.15, -0.1) is 0 Å². The summed E-state index contributed by atoms with van der Waals surface area (Å²) in [6.07, 6.45) is 1.28. The lowest BCUT2D eigenvalue weighted by Gasteiger charge is -2.31. The minimum atomic E-state index is -0.652. The number of hydrogen-bond donors (Lipinski definition) is 2. The third kappa shape index (κ3) is 5.20. The van der Waals surface area contributed by atoms with E-state index >= 15 is 0 Å². The van der Waals surface area contributed by atoms with Crippen LogP contribution >= 0.6 is 0 Å². The quantitative estimate of drug-likeness (QED) is 0.652. The van der Waals surface area contributed by atoms with Crippen molar-refractivity contribution in [2.45, 2.75) is 20.4 Å². The van der Waals surface area contributed by atoms with Gasteiger partial charge in [0.15, 0.2) is 0 Å². The maximum atomic E-state index is 12.5. The Hall–Kier alpha value is -3.27. The highest BCUT2D eigenvalue weighted by Gasteiger charge is 2.20. The monoisotopic (exact) mass is 418 g/mol. The average Bonchev–Trinajstić information content (AvgIpc) is 2.73. The first kappa shape index (κ1) is 21.4. The molecule has 2 heterocycles. The summed E-state index contributed by atoms with van der Waals surface area (Å²) in [5, 5.41) is 2.78. The van der Waals surface area contributed by atoms with Gasteiger partial charge in [-0.1, -0.05) is 0 Å². The van der Waals surface area contributed by atoms with Gasteiger partial charge >= 0.3 is 5.69 Å². The van der Waals surface area contributed by atoms with E-state index in [-0.39, 0.29) is 6.54 Å². The minimum Gasteiger partial charge on any atom is -0.492 e. The van der Waals surface area contributed by atoms with Crippen LogP contribution in [0.4, 0.5) is 11.4 Å². The number of amides is 1. The van der Waals surface area contributed by atoms with Gasteiger partial charge in [0.05, 0.1) is 37.8 Å². The molecule has 10 heteroatoms. The van der Waals surface area contributed by atoms with E-state index < -0.39 is 17.2 Å². The molecule has 2 N–H and O–H groups in total. The summed E-state index contributed by atoms with van der Waals surface area (Å²) < 4.78 is 18.1. The zero-order chi connectivity index (χ0) is 21.5. The largest absolute Gasteiger partial charge is 0.492 e. The summed E-state index contributed by atoms with van der Waals surface area (Å²) in [6, 6.07) is 4.76. The lowest BCUT2D eigenvalue weighted by molar-refractivity contribution is -0.116. The van der Waals surface area contributed by atoms with Crippen LogP contribution in [0.2, 0.25) is 0 Å². The maximum Gasteiger partial charge on any atom is 0.328 e. The molecule has 3 rings (SSSR count). The Balaban J connectivity index is 1.88. The highest BCUT2D eigenvalue weighted by molar-refractivity contribution is 5.93. The summed E-state index contributed by atoms with van der Waals surface area (Å²) >= 11 is 0. The van der Waals surface area contributed by atoms with E-state index in [0.717, 1.165) is 23.3 Å². The van der Waals surface area contributed by atoms with Crippen LogP contribution in [-0.2, 0) is 16.1 Å². The zero-order valence-electron chi connectivity index (χ0n) is 17.1. The SMILES string of the molecule is CCOc1cc(N2CCOCC2)c(OCC)cc1NC(=O)Cn1ccc(=O)[nH]c1=O. The molecular formula is C20H26N4O6. The summed E-state index contributed by atoms with van der Waals surface area (Å²) in [7, 11) is 0. The predicted octanol–water partition coefficient (Wildman–Crippen LogP) is 0.809. The third-order valence-corrected chi connectivity index (χ3v) is 4.50. The molecule has 0 saturated carbocycles. The maximum absolute atomic E-state index is 12.5. The summed E-state index contributed by atoms with van der Waals surface area (Å²) in [6.45, 7) is 7.08. The first-order valence-electron chi connectivity index (χ1n) is 9.87. The molecule has 2 aromatic rings. The molecule has 0 unspecified atom stereocenters. The Morgan fingerprint density at radius 3 is 2.50 bits per heavy atom. The number of nitrogens with zero attached hydrogens (tertiary/aromatic N) is 2. The third-order valence-electron chi connectivity index (χ3n) is 4.50. The number of morpholine rings is 1. The summed E-state index contributed by atoms with van der Waals surface area (Å²) in [5.41, 5.74) is 0.147. The number of H-pyrrole nitrogens is 1. The Morgan fingerprint density at radius 2 is 1.83 bits per heavy atom. The first-order valence-corrected chi connectivity index (χ1v) is 9.87. The van der Waals surface area contributed by atoms with Crippen molar-refractivity contribution in [1.82, 2.24) is 9.55 Å². The second-order valence-corrected chi connectivity index (χ2v) is 6.57. The van der Waals surface area contributed by atoms with Gasteiger partial charge in [0.2, 0.25) is 5.91 Å². The number of aromatic amines is 1. The summed E-state index contributed by atoms with van der Waals surface area (Å²) in [5.74, 6) is 0.690. The number of aromatic nitrogens is 2. The highest BCUT2D eigenvalue weighted by Crippen LogP contribution is 2.39. The molecule has 0 atom stereocenters. The van der Waals surface area contributed by atoms with Crippen molar-refractivity contribution in [2.24, 2.45) is 0 Å². The number of carbonyl (C=O) groups is 1. The predicted molar refractivity (Wildman–Crippen MR) is 112 cm³/mol. The Kier molecular flexibility index (Phi) is 7.12. The van der Waals surface area contributed by atoms with Gasteiger partial charge in [0, 0.05) is 37.5 Å². The van der Waals surface area contributed by atoms with Gasteiger partial charge in [0.1, 0.15) is 18.0 Å². The Bertz CT molecular complexity index is 994. The lowest BCUT2D eigenvalue weighted by atomic mass is 10.2. The van der Waals surface area contributed by atoms with Gasteiger partial charge in [-0.3, -0.25) is 19.1 Å². The van der Waals surface area contributed by atoms with Crippen molar-refractivity contribution in [3.63, 3.8) is 0 Å². The van der Waals surface area contributed by atoms with Crippen LogP contribution < -0.4 is 30.9 Å². The van der Waals surface area contributed by atoms with E-state index in [0.29, 0.717) is 43.6 Å². The molecule has 0 bridgehead atoms. The van der Waals surface area contributed by atoms with Gasteiger partial charge < -0.3 is 24.4 Å². The van der Waals surface area contributed by atoms with E-state index in [1.165, 1.54) is 12.3 Å². The number of hydrogen-bond acceptors (Lipinski definition) is 7. The Morgan fingerprint density at radius 1 is 1.13 bits per heavy atom. The molecule has 0 radical (unpaired) electrons. The molecule has 1 aromatic heterocycles. The summed E-state index contributed by atoms with van der Waals surface area (Å²) in [4.78, 5) is 39.8. The van der Waals surface area contributed by atoms with Crippen LogP contribution in [0.1, 0.15) is 13.8 Å². The average molecular weight is 418 g/mol. The van der Waals surface area contributed by atoms with Crippen molar-refractivity contribution in [2.75, 3.05) is 49.7 Å². The van der Waals surface area contributed by atoms with E-state index in [9.17, 15) is 14.4 Å². The van der Waals surface area contributed by atoms with Crippen molar-refractivity contribution in [1.29, 1.82) is 0 Å². The standard InChI is InChI=1S/C20H26N4O6/c1-3-29-16-12-15(23-7-9-28-10-8-23)17(30-4-2)11-14(16)21-19(26)13-24-6-5-18(25)22-20(24)27/h5-6,11-12H,3-4,7-10,13H2,1-2H3,(H,21,26)(H,22,25,27). The van der Waals surface area contributed by atoms with Crippen LogP contribution in [0, 0.1) is 0 Å². The number of benzene rings is 1. The van der Waals surface area contributed by atoms with Gasteiger partial charge in [0.25, 0.3) is 5.56 Å². The number of ether oxygens (including phenoxy) is 3. The molecule has 1 aromatic carbocycles. The van der Waals surface area contributed by atoms with Crippen molar-refractivity contribution in [3.05, 3.63) is 45.2 Å². The minimum absolute atomic E-state index is 0.254. The van der Waals surface area contributed by atoms with Crippen LogP contribution in [0.5, 0.6) is 11.5 Å². The van der Waals surface area contributed by atoms with E-state index in [1.54, 1.807) is 6.07 Å². The van der Waals surface area contributed by atoms with Crippen molar-refractivity contribution >= 4 is 17.3 Å². The number of anilines is 2. The van der Waals surface area contributed by atoms with Crippen molar-refractivity contribution < 1.29 is 19.0 Å².